The average Bonchev–Trinajstić information content (AvgIpc) is 2.48. The first-order valence-corrected chi connectivity index (χ1v) is 6.24. The fraction of sp³-hybridized carbons (Fsp3) is 0.267. The van der Waals surface area contributed by atoms with Gasteiger partial charge in [-0.2, -0.15) is 0 Å². The molecule has 1 heterocycles. The summed E-state index contributed by atoms with van der Waals surface area (Å²) in [5.74, 6) is 0.874. The molecule has 0 aliphatic carbocycles. The topological polar surface area (TPSA) is 61.3 Å². The number of rotatable bonds is 5. The van der Waals surface area contributed by atoms with Gasteiger partial charge in [0.2, 0.25) is 0 Å². The number of benzene rings is 1. The van der Waals surface area contributed by atoms with Gasteiger partial charge in [-0.25, -0.2) is 0 Å². The first kappa shape index (κ1) is 14.0. The van der Waals surface area contributed by atoms with Crippen molar-refractivity contribution in [3.8, 4) is 11.5 Å². The van der Waals surface area contributed by atoms with Crippen molar-refractivity contribution >= 4 is 5.78 Å². The molecule has 5 nitrogen and oxygen atoms in total. The lowest BCUT2D eigenvalue weighted by molar-refractivity contribution is 0.100. The summed E-state index contributed by atoms with van der Waals surface area (Å²) >= 11 is 0. The normalized spacial score (nSPS) is 11.8. The Morgan fingerprint density at radius 3 is 2.70 bits per heavy atom. The summed E-state index contributed by atoms with van der Waals surface area (Å²) in [7, 11) is 1.54. The first-order chi connectivity index (χ1) is 9.63. The van der Waals surface area contributed by atoms with E-state index in [4.69, 9.17) is 9.47 Å². The molecule has 104 valence electrons. The van der Waals surface area contributed by atoms with Crippen molar-refractivity contribution in [1.82, 2.24) is 9.97 Å². The molecule has 0 N–H and O–H groups in total. The number of nitrogens with zero attached hydrogens (tertiary/aromatic N) is 2. The highest BCUT2D eigenvalue weighted by atomic mass is 16.5. The molecule has 0 aliphatic rings. The van der Waals surface area contributed by atoms with Gasteiger partial charge >= 0.3 is 0 Å². The van der Waals surface area contributed by atoms with E-state index in [-0.39, 0.29) is 11.9 Å². The number of methoxy groups -OCH3 is 1. The van der Waals surface area contributed by atoms with Crippen LogP contribution in [0.5, 0.6) is 11.5 Å². The summed E-state index contributed by atoms with van der Waals surface area (Å²) < 4.78 is 11.1. The second kappa shape index (κ2) is 6.14. The third kappa shape index (κ3) is 2.93. The van der Waals surface area contributed by atoms with E-state index < -0.39 is 0 Å². The molecule has 1 atom stereocenters. The molecule has 20 heavy (non-hydrogen) atoms. The molecule has 1 unspecified atom stereocenters. The third-order valence-corrected chi connectivity index (χ3v) is 2.87. The smallest absolute Gasteiger partial charge is 0.172 e. The standard InChI is InChI=1S/C15H16N2O3/c1-10(18)12-5-4-6-14(19-3)15(12)20-11(2)13-9-16-7-8-17-13/h4-9,11H,1-3H3. The summed E-state index contributed by atoms with van der Waals surface area (Å²) in [5, 5.41) is 0. The van der Waals surface area contributed by atoms with Crippen molar-refractivity contribution in [2.45, 2.75) is 20.0 Å². The van der Waals surface area contributed by atoms with Crippen molar-refractivity contribution in [2.24, 2.45) is 0 Å². The number of aromatic nitrogens is 2. The van der Waals surface area contributed by atoms with E-state index in [2.05, 4.69) is 9.97 Å². The van der Waals surface area contributed by atoms with Crippen molar-refractivity contribution < 1.29 is 14.3 Å². The maximum Gasteiger partial charge on any atom is 0.172 e. The molecule has 0 bridgehead atoms. The van der Waals surface area contributed by atoms with Crippen molar-refractivity contribution in [3.05, 3.63) is 48.0 Å². The Balaban J connectivity index is 2.35. The predicted octanol–water partition coefficient (Wildman–Crippen LogP) is 2.83. The zero-order chi connectivity index (χ0) is 14.5. The maximum absolute atomic E-state index is 11.7. The molecule has 0 saturated heterocycles. The predicted molar refractivity (Wildman–Crippen MR) is 74.1 cm³/mol. The van der Waals surface area contributed by atoms with Crippen LogP contribution in [0.15, 0.2) is 36.8 Å². The molecule has 5 heteroatoms. The number of ether oxygens (including phenoxy) is 2. The Kier molecular flexibility index (Phi) is 4.30. The molecule has 0 fully saturated rings. The molecule has 0 amide bonds. The minimum atomic E-state index is -0.335. The number of Topliss-reactive ketones (excluding diaryl/α,β-unsaturated/α-hetero) is 1. The number of carbonyl (C=O) groups is 1. The van der Waals surface area contributed by atoms with Crippen molar-refractivity contribution in [2.75, 3.05) is 7.11 Å². The average molecular weight is 272 g/mol. The van der Waals surface area contributed by atoms with Crippen LogP contribution in [0.2, 0.25) is 0 Å². The lowest BCUT2D eigenvalue weighted by Gasteiger charge is -2.18. The summed E-state index contributed by atoms with van der Waals surface area (Å²) in [4.78, 5) is 19.9. The molecule has 2 rings (SSSR count). The van der Waals surface area contributed by atoms with Crippen LogP contribution in [0.3, 0.4) is 0 Å². The van der Waals surface area contributed by atoms with E-state index in [1.54, 1.807) is 43.9 Å². The largest absolute Gasteiger partial charge is 0.493 e. The van der Waals surface area contributed by atoms with Gasteiger partial charge in [-0.3, -0.25) is 14.8 Å². The van der Waals surface area contributed by atoms with Gasteiger partial charge < -0.3 is 9.47 Å². The van der Waals surface area contributed by atoms with Gasteiger partial charge in [-0.15, -0.1) is 0 Å². The number of hydrogen-bond donors (Lipinski definition) is 0. The second-order valence-electron chi connectivity index (χ2n) is 4.28. The fourth-order valence-corrected chi connectivity index (χ4v) is 1.83. The molecule has 0 saturated carbocycles. The molecule has 1 aromatic heterocycles. The van der Waals surface area contributed by atoms with Crippen LogP contribution >= 0.6 is 0 Å². The van der Waals surface area contributed by atoms with Crippen LogP contribution in [0.25, 0.3) is 0 Å². The lowest BCUT2D eigenvalue weighted by atomic mass is 10.1. The zero-order valence-electron chi connectivity index (χ0n) is 11.7. The number of carbonyl (C=O) groups excluding carboxylic acids is 1. The summed E-state index contributed by atoms with van der Waals surface area (Å²) in [6.45, 7) is 3.34. The molecular formula is C15H16N2O3. The van der Waals surface area contributed by atoms with E-state index in [9.17, 15) is 4.79 Å². The quantitative estimate of drug-likeness (QED) is 0.783. The van der Waals surface area contributed by atoms with Gasteiger partial charge in [0.15, 0.2) is 17.3 Å². The SMILES string of the molecule is COc1cccc(C(C)=O)c1OC(C)c1cnccn1. The minimum Gasteiger partial charge on any atom is -0.493 e. The van der Waals surface area contributed by atoms with Crippen LogP contribution in [-0.2, 0) is 0 Å². The highest BCUT2D eigenvalue weighted by molar-refractivity contribution is 5.97. The van der Waals surface area contributed by atoms with Crippen molar-refractivity contribution in [1.29, 1.82) is 0 Å². The van der Waals surface area contributed by atoms with E-state index in [0.29, 0.717) is 22.8 Å². The van der Waals surface area contributed by atoms with Crippen LogP contribution in [0, 0.1) is 0 Å². The third-order valence-electron chi connectivity index (χ3n) is 2.87. The monoisotopic (exact) mass is 272 g/mol. The Morgan fingerprint density at radius 1 is 1.30 bits per heavy atom. The zero-order valence-corrected chi connectivity index (χ0v) is 11.7. The lowest BCUT2D eigenvalue weighted by Crippen LogP contribution is -2.09. The summed E-state index contributed by atoms with van der Waals surface area (Å²) in [6.07, 6.45) is 4.50. The van der Waals surface area contributed by atoms with Crippen LogP contribution in [0.1, 0.15) is 36.0 Å². The van der Waals surface area contributed by atoms with Crippen LogP contribution < -0.4 is 9.47 Å². The van der Waals surface area contributed by atoms with Gasteiger partial charge in [0, 0.05) is 12.4 Å². The van der Waals surface area contributed by atoms with Gasteiger partial charge in [0.25, 0.3) is 0 Å². The second-order valence-corrected chi connectivity index (χ2v) is 4.28. The number of hydrogen-bond acceptors (Lipinski definition) is 5. The molecule has 1 aromatic carbocycles. The van der Waals surface area contributed by atoms with E-state index in [0.717, 1.165) is 0 Å². The maximum atomic E-state index is 11.7. The number of ketones is 1. The Morgan fingerprint density at radius 2 is 2.10 bits per heavy atom. The first-order valence-electron chi connectivity index (χ1n) is 6.24. The summed E-state index contributed by atoms with van der Waals surface area (Å²) in [6, 6.07) is 5.23. The molecule has 0 aliphatic heterocycles. The molecular weight excluding hydrogens is 256 g/mol. The van der Waals surface area contributed by atoms with Gasteiger partial charge in [0.05, 0.1) is 24.6 Å². The van der Waals surface area contributed by atoms with Crippen LogP contribution in [0.4, 0.5) is 0 Å². The Hall–Kier alpha value is -2.43. The molecule has 0 spiro atoms. The van der Waals surface area contributed by atoms with Gasteiger partial charge in [-0.05, 0) is 26.0 Å². The highest BCUT2D eigenvalue weighted by Crippen LogP contribution is 2.34. The van der Waals surface area contributed by atoms with E-state index in [1.807, 2.05) is 6.92 Å². The Labute approximate surface area is 117 Å². The summed E-state index contributed by atoms with van der Waals surface area (Å²) in [5.41, 5.74) is 1.17. The van der Waals surface area contributed by atoms with Crippen molar-refractivity contribution in [3.63, 3.8) is 0 Å². The number of para-hydroxylation sites is 1. The van der Waals surface area contributed by atoms with E-state index in [1.165, 1.54) is 6.92 Å². The van der Waals surface area contributed by atoms with Gasteiger partial charge in [-0.1, -0.05) is 6.07 Å². The minimum absolute atomic E-state index is 0.0785. The van der Waals surface area contributed by atoms with Crippen LogP contribution in [-0.4, -0.2) is 22.9 Å². The van der Waals surface area contributed by atoms with Gasteiger partial charge in [0.1, 0.15) is 6.10 Å². The fourth-order valence-electron chi connectivity index (χ4n) is 1.83. The Bertz CT molecular complexity index is 599. The molecule has 2 aromatic rings. The highest BCUT2D eigenvalue weighted by Gasteiger charge is 2.18. The molecule has 0 radical (unpaired) electrons. The van der Waals surface area contributed by atoms with E-state index >= 15 is 0 Å².